The molecule has 0 heterocycles. The van der Waals surface area contributed by atoms with Gasteiger partial charge in [0.05, 0.1) is 6.54 Å². The molecule has 2 saturated carbocycles. The van der Waals surface area contributed by atoms with Crippen LogP contribution in [0.15, 0.2) is 30.3 Å². The van der Waals surface area contributed by atoms with Crippen molar-refractivity contribution in [2.45, 2.75) is 31.7 Å². The average Bonchev–Trinajstić information content (AvgIpc) is 3.24. The third kappa shape index (κ3) is 3.11. The Labute approximate surface area is 104 Å². The van der Waals surface area contributed by atoms with Crippen LogP contribution in [0.4, 0.5) is 0 Å². The van der Waals surface area contributed by atoms with E-state index in [9.17, 15) is 0 Å². The molecular weight excluding hydrogens is 206 g/mol. The lowest BCUT2D eigenvalue weighted by atomic mass is 10.1. The Balaban J connectivity index is 1.49. The molecule has 0 bridgehead atoms. The van der Waals surface area contributed by atoms with Gasteiger partial charge in [0, 0.05) is 11.6 Å². The van der Waals surface area contributed by atoms with Crippen LogP contribution >= 0.6 is 0 Å². The molecule has 2 fully saturated rings. The van der Waals surface area contributed by atoms with E-state index in [0.29, 0.717) is 0 Å². The third-order valence-corrected chi connectivity index (χ3v) is 3.69. The lowest BCUT2D eigenvalue weighted by Gasteiger charge is -2.15. The van der Waals surface area contributed by atoms with Crippen LogP contribution in [-0.2, 0) is 0 Å². The number of rotatable bonds is 4. The number of hydrogen-bond donors (Lipinski definition) is 1. The molecule has 1 N–H and O–H groups in total. The first-order valence-corrected chi connectivity index (χ1v) is 6.71. The second-order valence-electron chi connectivity index (χ2n) is 5.25. The summed E-state index contributed by atoms with van der Waals surface area (Å²) >= 11 is 0. The normalized spacial score (nSPS) is 18.9. The Hall–Kier alpha value is -1.26. The summed E-state index contributed by atoms with van der Waals surface area (Å²) in [4.78, 5) is 0. The minimum atomic E-state index is 0.764. The van der Waals surface area contributed by atoms with Crippen molar-refractivity contribution in [3.63, 3.8) is 0 Å². The van der Waals surface area contributed by atoms with Crippen molar-refractivity contribution < 1.29 is 0 Å². The Morgan fingerprint density at radius 3 is 2.29 bits per heavy atom. The molecule has 0 aliphatic heterocycles. The first-order valence-electron chi connectivity index (χ1n) is 6.71. The molecule has 1 heteroatoms. The molecule has 88 valence electrons. The first kappa shape index (κ1) is 10.9. The van der Waals surface area contributed by atoms with Crippen molar-refractivity contribution >= 4 is 0 Å². The molecule has 1 aromatic carbocycles. The summed E-state index contributed by atoms with van der Waals surface area (Å²) < 4.78 is 0. The van der Waals surface area contributed by atoms with Crippen LogP contribution in [0.5, 0.6) is 0 Å². The van der Waals surface area contributed by atoms with Gasteiger partial charge in [-0.2, -0.15) is 0 Å². The van der Waals surface area contributed by atoms with Crippen LogP contribution in [0.3, 0.4) is 0 Å². The molecule has 17 heavy (non-hydrogen) atoms. The smallest absolute Gasteiger partial charge is 0.0582 e. The maximum absolute atomic E-state index is 3.64. The van der Waals surface area contributed by atoms with E-state index < -0.39 is 0 Å². The van der Waals surface area contributed by atoms with Gasteiger partial charge >= 0.3 is 0 Å². The predicted octanol–water partition coefficient (Wildman–Crippen LogP) is 2.82. The maximum atomic E-state index is 3.64. The topological polar surface area (TPSA) is 12.0 Å². The SMILES string of the molecule is C(#Cc1ccccc1)CNC(C1CC1)C1CC1. The van der Waals surface area contributed by atoms with Gasteiger partial charge < -0.3 is 5.32 Å². The second kappa shape index (κ2) is 4.94. The highest BCUT2D eigenvalue weighted by Gasteiger charge is 2.40. The summed E-state index contributed by atoms with van der Waals surface area (Å²) in [6.45, 7) is 0.840. The highest BCUT2D eigenvalue weighted by Crippen LogP contribution is 2.44. The van der Waals surface area contributed by atoms with Gasteiger partial charge in [-0.3, -0.25) is 0 Å². The fourth-order valence-electron chi connectivity index (χ4n) is 2.47. The minimum absolute atomic E-state index is 0.764. The molecule has 1 aromatic rings. The van der Waals surface area contributed by atoms with Crippen LogP contribution in [-0.4, -0.2) is 12.6 Å². The zero-order chi connectivity index (χ0) is 11.5. The molecule has 1 nitrogen and oxygen atoms in total. The molecule has 0 saturated heterocycles. The van der Waals surface area contributed by atoms with E-state index in [0.717, 1.165) is 30.0 Å². The molecule has 0 unspecified atom stereocenters. The van der Waals surface area contributed by atoms with Crippen LogP contribution in [0.1, 0.15) is 31.2 Å². The van der Waals surface area contributed by atoms with Crippen molar-refractivity contribution in [1.29, 1.82) is 0 Å². The van der Waals surface area contributed by atoms with E-state index in [1.54, 1.807) is 0 Å². The van der Waals surface area contributed by atoms with E-state index in [2.05, 4.69) is 29.3 Å². The van der Waals surface area contributed by atoms with Gasteiger partial charge in [0.25, 0.3) is 0 Å². The second-order valence-corrected chi connectivity index (χ2v) is 5.25. The average molecular weight is 225 g/mol. The fourth-order valence-corrected chi connectivity index (χ4v) is 2.47. The number of nitrogens with one attached hydrogen (secondary N) is 1. The molecule has 3 rings (SSSR count). The standard InChI is InChI=1S/C16H19N/c1-2-5-13(6-3-1)7-4-12-17-16(14-8-9-14)15-10-11-15/h1-3,5-6,14-17H,8-12H2. The van der Waals surface area contributed by atoms with E-state index in [4.69, 9.17) is 0 Å². The van der Waals surface area contributed by atoms with Gasteiger partial charge in [-0.05, 0) is 49.7 Å². The Bertz CT molecular complexity index is 406. The largest absolute Gasteiger partial charge is 0.303 e. The van der Waals surface area contributed by atoms with E-state index in [1.165, 1.54) is 25.7 Å². The third-order valence-electron chi connectivity index (χ3n) is 3.69. The Morgan fingerprint density at radius 1 is 1.06 bits per heavy atom. The first-order chi connectivity index (χ1) is 8.43. The monoisotopic (exact) mass is 225 g/mol. The highest BCUT2D eigenvalue weighted by atomic mass is 14.9. The molecule has 2 aliphatic carbocycles. The van der Waals surface area contributed by atoms with Gasteiger partial charge in [-0.15, -0.1) is 0 Å². The number of hydrogen-bond acceptors (Lipinski definition) is 1. The van der Waals surface area contributed by atoms with Crippen LogP contribution in [0, 0.1) is 23.7 Å². The lowest BCUT2D eigenvalue weighted by molar-refractivity contribution is 0.438. The zero-order valence-corrected chi connectivity index (χ0v) is 10.2. The summed E-state index contributed by atoms with van der Waals surface area (Å²) in [5, 5.41) is 3.64. The van der Waals surface area contributed by atoms with Crippen molar-refractivity contribution in [1.82, 2.24) is 5.32 Å². The molecule has 2 aliphatic rings. The van der Waals surface area contributed by atoms with Gasteiger partial charge in [0.15, 0.2) is 0 Å². The van der Waals surface area contributed by atoms with Gasteiger partial charge in [-0.1, -0.05) is 30.0 Å². The zero-order valence-electron chi connectivity index (χ0n) is 10.2. The van der Waals surface area contributed by atoms with Crippen molar-refractivity contribution in [2.24, 2.45) is 11.8 Å². The van der Waals surface area contributed by atoms with Crippen molar-refractivity contribution in [2.75, 3.05) is 6.54 Å². The molecule has 0 atom stereocenters. The van der Waals surface area contributed by atoms with E-state index in [-0.39, 0.29) is 0 Å². The quantitative estimate of drug-likeness (QED) is 0.777. The van der Waals surface area contributed by atoms with Crippen LogP contribution < -0.4 is 5.32 Å². The van der Waals surface area contributed by atoms with Crippen LogP contribution in [0.25, 0.3) is 0 Å². The number of benzene rings is 1. The summed E-state index contributed by atoms with van der Waals surface area (Å²) in [7, 11) is 0. The van der Waals surface area contributed by atoms with E-state index >= 15 is 0 Å². The lowest BCUT2D eigenvalue weighted by Crippen LogP contribution is -2.33. The van der Waals surface area contributed by atoms with Crippen molar-refractivity contribution in [3.8, 4) is 11.8 Å². The summed E-state index contributed by atoms with van der Waals surface area (Å²) in [5.41, 5.74) is 1.11. The molecule has 0 radical (unpaired) electrons. The molecule has 0 amide bonds. The fraction of sp³-hybridized carbons (Fsp3) is 0.500. The van der Waals surface area contributed by atoms with Gasteiger partial charge in [0.1, 0.15) is 0 Å². The molecular formula is C16H19N. The summed E-state index contributed by atoms with van der Waals surface area (Å²) in [6.07, 6.45) is 5.72. The molecule has 0 spiro atoms. The van der Waals surface area contributed by atoms with Crippen LogP contribution in [0.2, 0.25) is 0 Å². The Morgan fingerprint density at radius 2 is 1.71 bits per heavy atom. The maximum Gasteiger partial charge on any atom is 0.0582 e. The Kier molecular flexibility index (Phi) is 3.16. The van der Waals surface area contributed by atoms with Gasteiger partial charge in [0.2, 0.25) is 0 Å². The highest BCUT2D eigenvalue weighted by molar-refractivity contribution is 5.33. The van der Waals surface area contributed by atoms with Gasteiger partial charge in [-0.25, -0.2) is 0 Å². The summed E-state index contributed by atoms with van der Waals surface area (Å²) in [5.74, 6) is 8.36. The van der Waals surface area contributed by atoms with Crippen molar-refractivity contribution in [3.05, 3.63) is 35.9 Å². The summed E-state index contributed by atoms with van der Waals surface area (Å²) in [6, 6.07) is 11.0. The molecule has 0 aromatic heterocycles. The predicted molar refractivity (Wildman–Crippen MR) is 70.6 cm³/mol. The minimum Gasteiger partial charge on any atom is -0.303 e. The van der Waals surface area contributed by atoms with E-state index in [1.807, 2.05) is 18.2 Å².